The Hall–Kier alpha value is -4.04. The Labute approximate surface area is 191 Å². The minimum atomic E-state index is -0.615. The fourth-order valence-electron chi connectivity index (χ4n) is 3.32. The zero-order valence-electron chi connectivity index (χ0n) is 17.9. The molecule has 33 heavy (non-hydrogen) atoms. The lowest BCUT2D eigenvalue weighted by Crippen LogP contribution is -2.36. The summed E-state index contributed by atoms with van der Waals surface area (Å²) in [7, 11) is 0. The van der Waals surface area contributed by atoms with Gasteiger partial charge in [0.1, 0.15) is 5.82 Å². The molecule has 0 spiro atoms. The number of nitrogens with zero attached hydrogens (tertiary/aromatic N) is 2. The molecule has 0 bridgehead atoms. The van der Waals surface area contributed by atoms with Crippen molar-refractivity contribution in [3.05, 3.63) is 89.6 Å². The van der Waals surface area contributed by atoms with E-state index in [9.17, 15) is 14.4 Å². The van der Waals surface area contributed by atoms with Gasteiger partial charge in [-0.05, 0) is 48.5 Å². The molecule has 0 saturated carbocycles. The largest absolute Gasteiger partial charge is 0.454 e. The van der Waals surface area contributed by atoms with Crippen LogP contribution in [0, 0.1) is 0 Å². The number of esters is 1. The molecule has 1 aliphatic rings. The number of ether oxygens (including phenoxy) is 2. The molecule has 168 valence electrons. The van der Waals surface area contributed by atoms with Crippen LogP contribution in [0.4, 0.5) is 11.5 Å². The van der Waals surface area contributed by atoms with Gasteiger partial charge in [0, 0.05) is 36.1 Å². The molecule has 0 atom stereocenters. The van der Waals surface area contributed by atoms with Crippen molar-refractivity contribution in [2.24, 2.45) is 0 Å². The molecule has 2 heterocycles. The van der Waals surface area contributed by atoms with Gasteiger partial charge < -0.3 is 19.7 Å². The number of carbonyl (C=O) groups is 3. The standard InChI is InChI=1S/C25H23N3O5/c29-22(18-6-9-21(10-7-18)27-24(30)19-4-2-1-3-5-19)17-33-25(31)20-8-11-23(26-16-20)28-12-14-32-15-13-28/h1-11,16H,12-15,17H2,(H,27,30). The van der Waals surface area contributed by atoms with E-state index >= 15 is 0 Å². The van der Waals surface area contributed by atoms with Crippen molar-refractivity contribution in [1.29, 1.82) is 0 Å². The number of hydrogen-bond acceptors (Lipinski definition) is 7. The summed E-state index contributed by atoms with van der Waals surface area (Å²) >= 11 is 0. The van der Waals surface area contributed by atoms with Crippen LogP contribution in [0.1, 0.15) is 31.1 Å². The number of Topliss-reactive ketones (excluding diaryl/α,β-unsaturated/α-hetero) is 1. The summed E-state index contributed by atoms with van der Waals surface area (Å²) in [6.45, 7) is 2.40. The molecule has 1 amide bonds. The number of hydrogen-bond donors (Lipinski definition) is 1. The first-order valence-corrected chi connectivity index (χ1v) is 10.6. The predicted molar refractivity (Wildman–Crippen MR) is 123 cm³/mol. The summed E-state index contributed by atoms with van der Waals surface area (Å²) in [4.78, 5) is 43.3. The zero-order chi connectivity index (χ0) is 23.0. The van der Waals surface area contributed by atoms with E-state index in [0.717, 1.165) is 18.9 Å². The number of morpholine rings is 1. The highest BCUT2D eigenvalue weighted by Crippen LogP contribution is 2.15. The van der Waals surface area contributed by atoms with Crippen LogP contribution in [0.25, 0.3) is 0 Å². The minimum Gasteiger partial charge on any atom is -0.454 e. The maximum Gasteiger partial charge on any atom is 0.340 e. The van der Waals surface area contributed by atoms with Crippen LogP contribution in [0.3, 0.4) is 0 Å². The highest BCUT2D eigenvalue weighted by atomic mass is 16.5. The maximum absolute atomic E-state index is 12.4. The fourth-order valence-corrected chi connectivity index (χ4v) is 3.32. The summed E-state index contributed by atoms with van der Waals surface area (Å²) in [5, 5.41) is 2.77. The van der Waals surface area contributed by atoms with Gasteiger partial charge in [-0.25, -0.2) is 9.78 Å². The second kappa shape index (κ2) is 10.5. The third-order valence-corrected chi connectivity index (χ3v) is 5.15. The summed E-state index contributed by atoms with van der Waals surface area (Å²) in [5.74, 6) is -0.430. The Bertz CT molecular complexity index is 1110. The van der Waals surface area contributed by atoms with Crippen LogP contribution in [0.5, 0.6) is 0 Å². The average molecular weight is 445 g/mol. The number of amides is 1. The average Bonchev–Trinajstić information content (AvgIpc) is 2.88. The Morgan fingerprint density at radius 3 is 2.24 bits per heavy atom. The lowest BCUT2D eigenvalue weighted by molar-refractivity contribution is 0.0474. The SMILES string of the molecule is O=C(COC(=O)c1ccc(N2CCOCC2)nc1)c1ccc(NC(=O)c2ccccc2)cc1. The molecule has 8 heteroatoms. The van der Waals surface area contributed by atoms with Gasteiger partial charge >= 0.3 is 5.97 Å². The molecule has 2 aromatic carbocycles. The monoisotopic (exact) mass is 445 g/mol. The molecule has 3 aromatic rings. The second-order valence-corrected chi connectivity index (χ2v) is 7.40. The van der Waals surface area contributed by atoms with Crippen molar-refractivity contribution in [2.45, 2.75) is 0 Å². The Balaban J connectivity index is 1.28. The van der Waals surface area contributed by atoms with Crippen molar-refractivity contribution in [2.75, 3.05) is 43.1 Å². The van der Waals surface area contributed by atoms with Crippen LogP contribution in [0.2, 0.25) is 0 Å². The Morgan fingerprint density at radius 2 is 1.58 bits per heavy atom. The van der Waals surface area contributed by atoms with E-state index in [1.807, 2.05) is 6.07 Å². The van der Waals surface area contributed by atoms with Crippen LogP contribution in [-0.4, -0.2) is 55.6 Å². The van der Waals surface area contributed by atoms with Crippen molar-refractivity contribution >= 4 is 29.2 Å². The molecule has 0 aliphatic carbocycles. The summed E-state index contributed by atoms with van der Waals surface area (Å²) in [5.41, 5.74) is 1.75. The van der Waals surface area contributed by atoms with Crippen molar-refractivity contribution < 1.29 is 23.9 Å². The molecular formula is C25H23N3O5. The normalized spacial score (nSPS) is 13.3. The van der Waals surface area contributed by atoms with E-state index in [0.29, 0.717) is 30.0 Å². The summed E-state index contributed by atoms with van der Waals surface area (Å²) < 4.78 is 10.5. The van der Waals surface area contributed by atoms with Crippen LogP contribution in [0.15, 0.2) is 72.9 Å². The third-order valence-electron chi connectivity index (χ3n) is 5.15. The molecule has 1 fully saturated rings. The predicted octanol–water partition coefficient (Wildman–Crippen LogP) is 3.21. The van der Waals surface area contributed by atoms with Gasteiger partial charge in [0.05, 0.1) is 18.8 Å². The van der Waals surface area contributed by atoms with Gasteiger partial charge in [-0.3, -0.25) is 9.59 Å². The number of rotatable bonds is 7. The zero-order valence-corrected chi connectivity index (χ0v) is 17.9. The number of benzene rings is 2. The fraction of sp³-hybridized carbons (Fsp3) is 0.200. The van der Waals surface area contributed by atoms with E-state index in [-0.39, 0.29) is 23.9 Å². The summed E-state index contributed by atoms with van der Waals surface area (Å²) in [6.07, 6.45) is 1.45. The van der Waals surface area contributed by atoms with Gasteiger partial charge in [0.25, 0.3) is 5.91 Å². The van der Waals surface area contributed by atoms with Crippen LogP contribution < -0.4 is 10.2 Å². The Morgan fingerprint density at radius 1 is 0.879 bits per heavy atom. The van der Waals surface area contributed by atoms with E-state index < -0.39 is 5.97 Å². The number of pyridine rings is 1. The number of ketones is 1. The van der Waals surface area contributed by atoms with Gasteiger partial charge in [-0.2, -0.15) is 0 Å². The highest BCUT2D eigenvalue weighted by molar-refractivity contribution is 6.05. The number of anilines is 2. The topological polar surface area (TPSA) is 97.8 Å². The minimum absolute atomic E-state index is 0.239. The van der Waals surface area contributed by atoms with E-state index in [1.165, 1.54) is 6.20 Å². The van der Waals surface area contributed by atoms with E-state index in [1.54, 1.807) is 60.7 Å². The second-order valence-electron chi connectivity index (χ2n) is 7.40. The van der Waals surface area contributed by atoms with E-state index in [4.69, 9.17) is 9.47 Å². The first-order valence-electron chi connectivity index (χ1n) is 10.6. The lowest BCUT2D eigenvalue weighted by atomic mass is 10.1. The highest BCUT2D eigenvalue weighted by Gasteiger charge is 2.15. The molecule has 1 aromatic heterocycles. The van der Waals surface area contributed by atoms with E-state index in [2.05, 4.69) is 15.2 Å². The molecular weight excluding hydrogens is 422 g/mol. The molecule has 0 unspecified atom stereocenters. The van der Waals surface area contributed by atoms with Crippen molar-refractivity contribution in [1.82, 2.24) is 4.98 Å². The molecule has 1 N–H and O–H groups in total. The number of aromatic nitrogens is 1. The smallest absolute Gasteiger partial charge is 0.340 e. The lowest BCUT2D eigenvalue weighted by Gasteiger charge is -2.27. The first-order chi connectivity index (χ1) is 16.1. The molecule has 4 rings (SSSR count). The van der Waals surface area contributed by atoms with Gasteiger partial charge in [-0.15, -0.1) is 0 Å². The van der Waals surface area contributed by atoms with Crippen molar-refractivity contribution in [3.63, 3.8) is 0 Å². The molecule has 1 saturated heterocycles. The van der Waals surface area contributed by atoms with Gasteiger partial charge in [-0.1, -0.05) is 18.2 Å². The maximum atomic E-state index is 12.4. The summed E-state index contributed by atoms with van der Waals surface area (Å²) in [6, 6.07) is 18.6. The Kier molecular flexibility index (Phi) is 7.06. The van der Waals surface area contributed by atoms with Gasteiger partial charge in [0.15, 0.2) is 12.4 Å². The third kappa shape index (κ3) is 5.81. The number of carbonyl (C=O) groups excluding carboxylic acids is 3. The molecule has 1 aliphatic heterocycles. The molecule has 8 nitrogen and oxygen atoms in total. The van der Waals surface area contributed by atoms with Crippen LogP contribution >= 0.6 is 0 Å². The molecule has 0 radical (unpaired) electrons. The van der Waals surface area contributed by atoms with Crippen molar-refractivity contribution in [3.8, 4) is 0 Å². The quantitative estimate of drug-likeness (QED) is 0.440. The van der Waals surface area contributed by atoms with Gasteiger partial charge in [0.2, 0.25) is 0 Å². The van der Waals surface area contributed by atoms with Crippen LogP contribution in [-0.2, 0) is 9.47 Å². The number of nitrogens with one attached hydrogen (secondary N) is 1. The first kappa shape index (κ1) is 22.2.